The van der Waals surface area contributed by atoms with E-state index in [2.05, 4.69) is 10.6 Å². The van der Waals surface area contributed by atoms with Crippen molar-refractivity contribution in [1.29, 1.82) is 0 Å². The van der Waals surface area contributed by atoms with Crippen LogP contribution in [0.3, 0.4) is 0 Å². The molecule has 2 N–H and O–H groups in total. The molecule has 3 aromatic carbocycles. The summed E-state index contributed by atoms with van der Waals surface area (Å²) in [6.45, 7) is 6.28. The highest BCUT2D eigenvalue weighted by molar-refractivity contribution is 5.86. The predicted molar refractivity (Wildman–Crippen MR) is 166 cm³/mol. The molecule has 0 bridgehead atoms. The summed E-state index contributed by atoms with van der Waals surface area (Å²) in [5.41, 5.74) is 2.24. The van der Waals surface area contributed by atoms with E-state index in [1.54, 1.807) is 20.8 Å². The Morgan fingerprint density at radius 3 is 1.91 bits per heavy atom. The lowest BCUT2D eigenvalue weighted by molar-refractivity contribution is -0.287. The Bertz CT molecular complexity index is 1350. The number of fused-ring (bicyclic) bond motifs is 1. The molecule has 45 heavy (non-hydrogen) atoms. The van der Waals surface area contributed by atoms with Crippen LogP contribution in [0.5, 0.6) is 0 Å². The van der Waals surface area contributed by atoms with Crippen molar-refractivity contribution in [3.05, 3.63) is 108 Å². The van der Waals surface area contributed by atoms with Gasteiger partial charge in [0, 0.05) is 0 Å². The summed E-state index contributed by atoms with van der Waals surface area (Å²) in [4.78, 5) is 26.0. The van der Waals surface area contributed by atoms with Gasteiger partial charge in [0.2, 0.25) is 5.91 Å². The minimum atomic E-state index is -1.000. The van der Waals surface area contributed by atoms with Crippen LogP contribution in [0, 0.1) is 0 Å². The number of carbonyl (C=O) groups excluding carboxylic acids is 2. The highest BCUT2D eigenvalue weighted by Gasteiger charge is 2.51. The summed E-state index contributed by atoms with van der Waals surface area (Å²) < 4.78 is 37.2. The Labute approximate surface area is 264 Å². The Hall–Kier alpha value is -3.80. The van der Waals surface area contributed by atoms with E-state index < -0.39 is 54.3 Å². The number of nitrogens with one attached hydrogen (secondary N) is 2. The van der Waals surface area contributed by atoms with Crippen molar-refractivity contribution in [2.75, 3.05) is 13.2 Å². The SMILES string of the molecule is CC(C)(C)OC(=O)N[C@H]1CO[C@@H]2O[C@H](COCc3ccccc3)[C@H](OCc3ccccc3)[C@H](OCc3ccccc3)[C@H]2NC1=O. The van der Waals surface area contributed by atoms with Crippen LogP contribution in [0.1, 0.15) is 37.5 Å². The van der Waals surface area contributed by atoms with Gasteiger partial charge >= 0.3 is 6.09 Å². The number of rotatable bonds is 11. The van der Waals surface area contributed by atoms with Crippen LogP contribution in [-0.4, -0.2) is 67.5 Å². The quantitative estimate of drug-likeness (QED) is 0.323. The Morgan fingerprint density at radius 2 is 1.36 bits per heavy atom. The molecule has 2 aliphatic rings. The third kappa shape index (κ3) is 9.59. The molecule has 2 heterocycles. The van der Waals surface area contributed by atoms with E-state index in [0.29, 0.717) is 13.2 Å². The predicted octanol–water partition coefficient (Wildman–Crippen LogP) is 4.51. The zero-order valence-electron chi connectivity index (χ0n) is 25.9. The molecule has 5 rings (SSSR count). The number of amides is 2. The minimum absolute atomic E-state index is 0.120. The maximum Gasteiger partial charge on any atom is 0.408 e. The zero-order chi connectivity index (χ0) is 31.6. The highest BCUT2D eigenvalue weighted by atomic mass is 16.7. The van der Waals surface area contributed by atoms with E-state index in [0.717, 1.165) is 16.7 Å². The molecule has 10 nitrogen and oxygen atoms in total. The molecule has 0 unspecified atom stereocenters. The fourth-order valence-corrected chi connectivity index (χ4v) is 5.22. The highest BCUT2D eigenvalue weighted by Crippen LogP contribution is 2.30. The molecule has 0 saturated carbocycles. The van der Waals surface area contributed by atoms with E-state index in [1.807, 2.05) is 91.0 Å². The lowest BCUT2D eigenvalue weighted by Gasteiger charge is -2.45. The van der Waals surface area contributed by atoms with E-state index in [4.69, 9.17) is 28.4 Å². The first kappa shape index (κ1) is 32.6. The molecule has 240 valence electrons. The Balaban J connectivity index is 1.38. The van der Waals surface area contributed by atoms with Crippen LogP contribution in [0.4, 0.5) is 4.79 Å². The second kappa shape index (κ2) is 15.5. The maximum absolute atomic E-state index is 13.4. The van der Waals surface area contributed by atoms with Crippen LogP contribution in [0.15, 0.2) is 91.0 Å². The Morgan fingerprint density at radius 1 is 0.822 bits per heavy atom. The summed E-state index contributed by atoms with van der Waals surface area (Å²) in [7, 11) is 0. The molecule has 10 heteroatoms. The van der Waals surface area contributed by atoms with Crippen molar-refractivity contribution in [2.24, 2.45) is 0 Å². The lowest BCUT2D eigenvalue weighted by atomic mass is 9.96. The van der Waals surface area contributed by atoms with Crippen LogP contribution in [0.2, 0.25) is 0 Å². The molecule has 0 aliphatic carbocycles. The summed E-state index contributed by atoms with van der Waals surface area (Å²) in [6, 6.07) is 27.7. The molecule has 3 aromatic rings. The molecule has 2 aliphatic heterocycles. The fourth-order valence-electron chi connectivity index (χ4n) is 5.22. The summed E-state index contributed by atoms with van der Waals surface area (Å²) in [5.74, 6) is -0.439. The first-order chi connectivity index (χ1) is 21.7. The van der Waals surface area contributed by atoms with Gasteiger partial charge in [-0.1, -0.05) is 91.0 Å². The van der Waals surface area contributed by atoms with Gasteiger partial charge in [-0.25, -0.2) is 4.79 Å². The summed E-state index contributed by atoms with van der Waals surface area (Å²) >= 11 is 0. The molecule has 2 fully saturated rings. The first-order valence-corrected chi connectivity index (χ1v) is 15.2. The lowest BCUT2D eigenvalue weighted by Crippen LogP contribution is -2.65. The maximum atomic E-state index is 13.4. The van der Waals surface area contributed by atoms with E-state index in [-0.39, 0.29) is 19.8 Å². The molecule has 0 radical (unpaired) electrons. The first-order valence-electron chi connectivity index (χ1n) is 15.2. The summed E-state index contributed by atoms with van der Waals surface area (Å²) in [5, 5.41) is 5.63. The number of carbonyl (C=O) groups is 2. The molecule has 2 amide bonds. The largest absolute Gasteiger partial charge is 0.444 e. The second-order valence-corrected chi connectivity index (χ2v) is 12.1. The van der Waals surface area contributed by atoms with Crippen LogP contribution < -0.4 is 10.6 Å². The number of hydrogen-bond acceptors (Lipinski definition) is 8. The topological polar surface area (TPSA) is 114 Å². The van der Waals surface area contributed by atoms with Gasteiger partial charge in [0.05, 0.1) is 33.0 Å². The number of hydrogen-bond donors (Lipinski definition) is 2. The van der Waals surface area contributed by atoms with Crippen molar-refractivity contribution >= 4 is 12.0 Å². The molecular weight excluding hydrogens is 576 g/mol. The normalized spacial score (nSPS) is 25.0. The smallest absolute Gasteiger partial charge is 0.408 e. The molecule has 0 aromatic heterocycles. The van der Waals surface area contributed by atoms with Gasteiger partial charge in [-0.15, -0.1) is 0 Å². The van der Waals surface area contributed by atoms with Gasteiger partial charge in [-0.2, -0.15) is 0 Å². The van der Waals surface area contributed by atoms with Crippen LogP contribution >= 0.6 is 0 Å². The third-order valence-corrected chi connectivity index (χ3v) is 7.35. The van der Waals surface area contributed by atoms with Crippen molar-refractivity contribution < 1.29 is 38.0 Å². The summed E-state index contributed by atoms with van der Waals surface area (Å²) in [6.07, 6.45) is -3.51. The Kier molecular flexibility index (Phi) is 11.2. The molecular formula is C35H42N2O8. The monoisotopic (exact) mass is 618 g/mol. The van der Waals surface area contributed by atoms with Crippen LogP contribution in [-0.2, 0) is 53.0 Å². The molecule has 0 spiro atoms. The van der Waals surface area contributed by atoms with Crippen molar-refractivity contribution in [3.8, 4) is 0 Å². The standard InChI is InChI=1S/C35H42N2O8/c1-35(2,3)45-34(39)36-27-22-43-33-29(37-32(27)38)31(42-21-26-17-11-6-12-18-26)30(41-20-25-15-9-5-10-16-25)28(44-33)23-40-19-24-13-7-4-8-14-24/h4-18,27-31,33H,19-23H2,1-3H3,(H,36,39)(H,37,38)/t27-,28+,29+,30-,31+,33+/m0/s1. The minimum Gasteiger partial charge on any atom is -0.444 e. The average Bonchev–Trinajstić information content (AvgIpc) is 3.17. The van der Waals surface area contributed by atoms with E-state index in [9.17, 15) is 9.59 Å². The molecule has 6 atom stereocenters. The van der Waals surface area contributed by atoms with Crippen LogP contribution in [0.25, 0.3) is 0 Å². The number of ether oxygens (including phenoxy) is 6. The van der Waals surface area contributed by atoms with Gasteiger partial charge in [-0.3, -0.25) is 4.79 Å². The number of benzene rings is 3. The molecule has 2 saturated heterocycles. The van der Waals surface area contributed by atoms with Gasteiger partial charge < -0.3 is 39.1 Å². The van der Waals surface area contributed by atoms with E-state index >= 15 is 0 Å². The van der Waals surface area contributed by atoms with Gasteiger partial charge in [0.1, 0.15) is 36.0 Å². The van der Waals surface area contributed by atoms with Gasteiger partial charge in [0.15, 0.2) is 6.29 Å². The average molecular weight is 619 g/mol. The van der Waals surface area contributed by atoms with Crippen molar-refractivity contribution in [1.82, 2.24) is 10.6 Å². The van der Waals surface area contributed by atoms with Gasteiger partial charge in [-0.05, 0) is 37.5 Å². The third-order valence-electron chi connectivity index (χ3n) is 7.35. The fraction of sp³-hybridized carbons (Fsp3) is 0.429. The van der Waals surface area contributed by atoms with Crippen molar-refractivity contribution in [2.45, 2.75) is 82.9 Å². The number of alkyl carbamates (subject to hydrolysis) is 1. The zero-order valence-corrected chi connectivity index (χ0v) is 25.9. The van der Waals surface area contributed by atoms with Gasteiger partial charge in [0.25, 0.3) is 0 Å². The second-order valence-electron chi connectivity index (χ2n) is 12.1. The van der Waals surface area contributed by atoms with Crippen molar-refractivity contribution in [3.63, 3.8) is 0 Å². The van der Waals surface area contributed by atoms with E-state index in [1.165, 1.54) is 0 Å².